The normalized spacial score (nSPS) is 12.8. The van der Waals surface area contributed by atoms with Gasteiger partial charge in [-0.25, -0.2) is 0 Å². The molecule has 0 spiro atoms. The Balaban J connectivity index is 2.38. The summed E-state index contributed by atoms with van der Waals surface area (Å²) in [6, 6.07) is 7.35. The summed E-state index contributed by atoms with van der Waals surface area (Å²) < 4.78 is 1.65. The molecule has 0 bridgehead atoms. The summed E-state index contributed by atoms with van der Waals surface area (Å²) in [6.45, 7) is 1.93. The summed E-state index contributed by atoms with van der Waals surface area (Å²) in [6.07, 6.45) is 0.972. The number of halogens is 1. The van der Waals surface area contributed by atoms with E-state index < -0.39 is 6.10 Å². The first-order valence-corrected chi connectivity index (χ1v) is 5.39. The highest BCUT2D eigenvalue weighted by Gasteiger charge is 2.14. The summed E-state index contributed by atoms with van der Waals surface area (Å²) in [4.78, 5) is 0. The van der Waals surface area contributed by atoms with Crippen molar-refractivity contribution in [2.75, 3.05) is 0 Å². The van der Waals surface area contributed by atoms with Gasteiger partial charge in [-0.3, -0.25) is 4.68 Å². The molecule has 0 aliphatic carbocycles. The van der Waals surface area contributed by atoms with Gasteiger partial charge in [0.2, 0.25) is 0 Å². The molecule has 0 fully saturated rings. The van der Waals surface area contributed by atoms with Crippen LogP contribution in [0.3, 0.4) is 0 Å². The van der Waals surface area contributed by atoms with E-state index in [1.54, 1.807) is 30.1 Å². The predicted molar refractivity (Wildman–Crippen MR) is 63.5 cm³/mol. The molecule has 0 aliphatic heterocycles. The molecule has 3 nitrogen and oxygen atoms in total. The van der Waals surface area contributed by atoms with Crippen LogP contribution in [0.1, 0.15) is 22.9 Å². The summed E-state index contributed by atoms with van der Waals surface area (Å²) >= 11 is 6.03. The molecule has 0 amide bonds. The molecule has 0 aliphatic rings. The minimum Gasteiger partial charge on any atom is -0.382 e. The van der Waals surface area contributed by atoms with Crippen LogP contribution < -0.4 is 0 Å². The van der Waals surface area contributed by atoms with Gasteiger partial charge in [0.15, 0.2) is 0 Å². The Morgan fingerprint density at radius 1 is 1.38 bits per heavy atom. The zero-order valence-corrected chi connectivity index (χ0v) is 9.94. The van der Waals surface area contributed by atoms with Crippen LogP contribution in [0, 0.1) is 6.92 Å². The van der Waals surface area contributed by atoms with Crippen molar-refractivity contribution in [3.8, 4) is 0 Å². The number of benzene rings is 1. The highest BCUT2D eigenvalue weighted by atomic mass is 35.5. The van der Waals surface area contributed by atoms with Crippen molar-refractivity contribution in [1.82, 2.24) is 9.78 Å². The van der Waals surface area contributed by atoms with Gasteiger partial charge in [0.25, 0.3) is 0 Å². The first-order chi connectivity index (χ1) is 7.59. The average Bonchev–Trinajstić information content (AvgIpc) is 2.67. The molecule has 1 heterocycles. The van der Waals surface area contributed by atoms with Crippen LogP contribution in [0.4, 0.5) is 0 Å². The van der Waals surface area contributed by atoms with Gasteiger partial charge in [-0.05, 0) is 30.2 Å². The number of aryl methyl sites for hydroxylation is 2. The lowest BCUT2D eigenvalue weighted by Crippen LogP contribution is -2.06. The fraction of sp³-hybridized carbons (Fsp3) is 0.250. The molecular formula is C12H13ClN2O. The van der Waals surface area contributed by atoms with Crippen LogP contribution in [0.25, 0.3) is 0 Å². The molecule has 2 aromatic rings. The van der Waals surface area contributed by atoms with E-state index in [0.29, 0.717) is 5.02 Å². The van der Waals surface area contributed by atoms with Crippen LogP contribution in [0.2, 0.25) is 5.02 Å². The van der Waals surface area contributed by atoms with Gasteiger partial charge in [0.05, 0.1) is 5.69 Å². The molecule has 1 atom stereocenters. The maximum Gasteiger partial charge on any atom is 0.121 e. The molecule has 1 aromatic carbocycles. The Morgan fingerprint density at radius 3 is 2.69 bits per heavy atom. The zero-order valence-electron chi connectivity index (χ0n) is 9.18. The van der Waals surface area contributed by atoms with Crippen molar-refractivity contribution in [2.45, 2.75) is 13.0 Å². The quantitative estimate of drug-likeness (QED) is 0.870. The third-order valence-electron chi connectivity index (χ3n) is 2.65. The van der Waals surface area contributed by atoms with Gasteiger partial charge in [-0.15, -0.1) is 0 Å². The van der Waals surface area contributed by atoms with Crippen LogP contribution >= 0.6 is 11.6 Å². The molecule has 16 heavy (non-hydrogen) atoms. The van der Waals surface area contributed by atoms with E-state index in [-0.39, 0.29) is 0 Å². The summed E-state index contributed by atoms with van der Waals surface area (Å²) in [5.74, 6) is 0. The number of hydrogen-bond acceptors (Lipinski definition) is 2. The third-order valence-corrected chi connectivity index (χ3v) is 3.06. The van der Waals surface area contributed by atoms with Crippen LogP contribution in [-0.2, 0) is 7.05 Å². The average molecular weight is 237 g/mol. The maximum absolute atomic E-state index is 10.2. The molecular weight excluding hydrogens is 224 g/mol. The van der Waals surface area contributed by atoms with Crippen molar-refractivity contribution in [2.24, 2.45) is 7.05 Å². The summed E-state index contributed by atoms with van der Waals surface area (Å²) in [5.41, 5.74) is 2.53. The van der Waals surface area contributed by atoms with Gasteiger partial charge in [-0.1, -0.05) is 23.7 Å². The monoisotopic (exact) mass is 236 g/mol. The smallest absolute Gasteiger partial charge is 0.121 e. The third kappa shape index (κ3) is 1.96. The van der Waals surface area contributed by atoms with E-state index >= 15 is 0 Å². The number of nitrogens with zero attached hydrogens (tertiary/aromatic N) is 2. The van der Waals surface area contributed by atoms with Crippen molar-refractivity contribution >= 4 is 11.6 Å². The predicted octanol–water partition coefficient (Wildman–Crippen LogP) is 2.46. The SMILES string of the molecule is Cc1ccc(C(O)c2ccnn2C)cc1Cl. The molecule has 0 radical (unpaired) electrons. The largest absolute Gasteiger partial charge is 0.382 e. The highest BCUT2D eigenvalue weighted by Crippen LogP contribution is 2.25. The van der Waals surface area contributed by atoms with Crippen molar-refractivity contribution in [3.05, 3.63) is 52.3 Å². The summed E-state index contributed by atoms with van der Waals surface area (Å²) in [5, 5.41) is 14.8. The maximum atomic E-state index is 10.2. The molecule has 1 unspecified atom stereocenters. The van der Waals surface area contributed by atoms with Gasteiger partial charge < -0.3 is 5.11 Å². The Hall–Kier alpha value is -1.32. The van der Waals surface area contributed by atoms with Gasteiger partial charge in [0, 0.05) is 18.3 Å². The van der Waals surface area contributed by atoms with Crippen molar-refractivity contribution < 1.29 is 5.11 Å². The van der Waals surface area contributed by atoms with Crippen LogP contribution in [-0.4, -0.2) is 14.9 Å². The van der Waals surface area contributed by atoms with E-state index in [9.17, 15) is 5.11 Å². The number of rotatable bonds is 2. The Labute approximate surface area is 99.3 Å². The second-order valence-electron chi connectivity index (χ2n) is 3.79. The lowest BCUT2D eigenvalue weighted by atomic mass is 10.1. The van der Waals surface area contributed by atoms with Gasteiger partial charge in [0.1, 0.15) is 6.10 Å². The molecule has 1 N–H and O–H groups in total. The van der Waals surface area contributed by atoms with E-state index in [0.717, 1.165) is 16.8 Å². The van der Waals surface area contributed by atoms with Crippen molar-refractivity contribution in [1.29, 1.82) is 0 Å². The molecule has 0 saturated heterocycles. The van der Waals surface area contributed by atoms with E-state index in [1.165, 1.54) is 0 Å². The second kappa shape index (κ2) is 4.28. The molecule has 2 rings (SSSR count). The molecule has 84 valence electrons. The zero-order chi connectivity index (χ0) is 11.7. The minimum atomic E-state index is -0.689. The Kier molecular flexibility index (Phi) is 2.99. The Morgan fingerprint density at radius 2 is 2.12 bits per heavy atom. The van der Waals surface area contributed by atoms with Gasteiger partial charge >= 0.3 is 0 Å². The number of aliphatic hydroxyl groups is 1. The number of aromatic nitrogens is 2. The van der Waals surface area contributed by atoms with E-state index in [1.807, 2.05) is 19.1 Å². The molecule has 1 aromatic heterocycles. The summed E-state index contributed by atoms with van der Waals surface area (Å²) in [7, 11) is 1.80. The lowest BCUT2D eigenvalue weighted by molar-refractivity contribution is 0.210. The van der Waals surface area contributed by atoms with E-state index in [4.69, 9.17) is 11.6 Å². The van der Waals surface area contributed by atoms with Crippen LogP contribution in [0.15, 0.2) is 30.5 Å². The second-order valence-corrected chi connectivity index (χ2v) is 4.20. The number of hydrogen-bond donors (Lipinski definition) is 1. The first kappa shape index (κ1) is 11.2. The molecule has 0 saturated carbocycles. The highest BCUT2D eigenvalue weighted by molar-refractivity contribution is 6.31. The number of aliphatic hydroxyl groups excluding tert-OH is 1. The van der Waals surface area contributed by atoms with Crippen LogP contribution in [0.5, 0.6) is 0 Å². The Bertz CT molecular complexity index is 507. The fourth-order valence-corrected chi connectivity index (χ4v) is 1.79. The van der Waals surface area contributed by atoms with E-state index in [2.05, 4.69) is 5.10 Å². The fourth-order valence-electron chi connectivity index (χ4n) is 1.60. The van der Waals surface area contributed by atoms with Crippen molar-refractivity contribution in [3.63, 3.8) is 0 Å². The molecule has 4 heteroatoms. The minimum absolute atomic E-state index is 0.665. The first-order valence-electron chi connectivity index (χ1n) is 5.01. The topological polar surface area (TPSA) is 38.1 Å². The standard InChI is InChI=1S/C12H13ClN2O/c1-8-3-4-9(7-10(8)13)12(16)11-5-6-14-15(11)2/h3-7,12,16H,1-2H3. The van der Waals surface area contributed by atoms with Gasteiger partial charge in [-0.2, -0.15) is 5.10 Å². The lowest BCUT2D eigenvalue weighted by Gasteiger charge is -2.12.